The van der Waals surface area contributed by atoms with Crippen LogP contribution in [0.4, 0.5) is 0 Å². The summed E-state index contributed by atoms with van der Waals surface area (Å²) in [6, 6.07) is 5.75. The van der Waals surface area contributed by atoms with Crippen molar-refractivity contribution >= 4 is 5.91 Å². The Bertz CT molecular complexity index is 422. The largest absolute Gasteiger partial charge is 0.391 e. The number of carbonyl (C=O) groups is 1. The van der Waals surface area contributed by atoms with Crippen LogP contribution in [0.3, 0.4) is 0 Å². The maximum absolute atomic E-state index is 12.3. The zero-order valence-corrected chi connectivity index (χ0v) is 11.1. The highest BCUT2D eigenvalue weighted by Gasteiger charge is 2.25. The van der Waals surface area contributed by atoms with Gasteiger partial charge in [0, 0.05) is 5.56 Å². The monoisotopic (exact) mass is 247 g/mol. The predicted molar refractivity (Wildman–Crippen MR) is 71.6 cm³/mol. The number of aliphatic hydroxyl groups excluding tert-OH is 1. The first-order chi connectivity index (χ1) is 8.59. The smallest absolute Gasteiger partial charge is 0.252 e. The summed E-state index contributed by atoms with van der Waals surface area (Å²) < 4.78 is 0. The van der Waals surface area contributed by atoms with Crippen molar-refractivity contribution in [3.63, 3.8) is 0 Å². The Morgan fingerprint density at radius 2 is 1.83 bits per heavy atom. The first kappa shape index (κ1) is 13.1. The summed E-state index contributed by atoms with van der Waals surface area (Å²) in [6.07, 6.45) is 3.40. The van der Waals surface area contributed by atoms with E-state index in [0.29, 0.717) is 0 Å². The Hall–Kier alpha value is -1.35. The molecule has 0 aromatic heterocycles. The molecule has 1 fully saturated rings. The SMILES string of the molecule is Cc1cccc(C)c1C(=O)N[C@@H]1CCCC[C@H]1O. The van der Waals surface area contributed by atoms with Crippen LogP contribution in [0.25, 0.3) is 0 Å². The number of amides is 1. The second-order valence-corrected chi connectivity index (χ2v) is 5.20. The maximum Gasteiger partial charge on any atom is 0.252 e. The van der Waals surface area contributed by atoms with E-state index in [-0.39, 0.29) is 11.9 Å². The van der Waals surface area contributed by atoms with Crippen molar-refractivity contribution in [3.8, 4) is 0 Å². The van der Waals surface area contributed by atoms with Gasteiger partial charge in [-0.1, -0.05) is 31.0 Å². The van der Waals surface area contributed by atoms with Crippen molar-refractivity contribution in [2.24, 2.45) is 0 Å². The summed E-state index contributed by atoms with van der Waals surface area (Å²) in [6.45, 7) is 3.89. The van der Waals surface area contributed by atoms with Crippen LogP contribution < -0.4 is 5.32 Å². The summed E-state index contributed by atoms with van der Waals surface area (Å²) in [5.41, 5.74) is 2.71. The number of aryl methyl sites for hydroxylation is 2. The predicted octanol–water partition coefficient (Wildman–Crippen LogP) is 2.34. The average molecular weight is 247 g/mol. The van der Waals surface area contributed by atoms with Crippen molar-refractivity contribution in [2.75, 3.05) is 0 Å². The van der Waals surface area contributed by atoms with Crippen molar-refractivity contribution in [1.29, 1.82) is 0 Å². The number of aliphatic hydroxyl groups is 1. The molecule has 0 unspecified atom stereocenters. The first-order valence-corrected chi connectivity index (χ1v) is 6.64. The van der Waals surface area contributed by atoms with Gasteiger partial charge in [-0.2, -0.15) is 0 Å². The third-order valence-electron chi connectivity index (χ3n) is 3.75. The van der Waals surface area contributed by atoms with Gasteiger partial charge in [0.1, 0.15) is 0 Å². The lowest BCUT2D eigenvalue weighted by Gasteiger charge is -2.28. The lowest BCUT2D eigenvalue weighted by atomic mass is 9.92. The second kappa shape index (κ2) is 5.53. The second-order valence-electron chi connectivity index (χ2n) is 5.20. The highest BCUT2D eigenvalue weighted by atomic mass is 16.3. The molecule has 1 aromatic carbocycles. The fourth-order valence-electron chi connectivity index (χ4n) is 2.69. The molecule has 3 nitrogen and oxygen atoms in total. The van der Waals surface area contributed by atoms with Gasteiger partial charge < -0.3 is 10.4 Å². The van der Waals surface area contributed by atoms with Gasteiger partial charge in [-0.3, -0.25) is 4.79 Å². The van der Waals surface area contributed by atoms with Crippen LogP contribution in [0.1, 0.15) is 47.2 Å². The van der Waals surface area contributed by atoms with Crippen LogP contribution >= 0.6 is 0 Å². The van der Waals surface area contributed by atoms with Crippen LogP contribution in [0.5, 0.6) is 0 Å². The molecule has 1 amide bonds. The van der Waals surface area contributed by atoms with Crippen molar-refractivity contribution in [2.45, 2.75) is 51.7 Å². The van der Waals surface area contributed by atoms with Gasteiger partial charge in [0.05, 0.1) is 12.1 Å². The molecule has 3 heteroatoms. The zero-order valence-electron chi connectivity index (χ0n) is 11.1. The molecule has 1 saturated carbocycles. The molecule has 2 atom stereocenters. The van der Waals surface area contributed by atoms with Crippen LogP contribution in [0.2, 0.25) is 0 Å². The Morgan fingerprint density at radius 1 is 1.22 bits per heavy atom. The van der Waals surface area contributed by atoms with Gasteiger partial charge in [-0.15, -0.1) is 0 Å². The molecular weight excluding hydrogens is 226 g/mol. The van der Waals surface area contributed by atoms with Crippen LogP contribution in [0, 0.1) is 13.8 Å². The van der Waals surface area contributed by atoms with Crippen LogP contribution in [-0.4, -0.2) is 23.2 Å². The molecule has 0 aliphatic heterocycles. The number of nitrogens with one attached hydrogen (secondary N) is 1. The van der Waals surface area contributed by atoms with Gasteiger partial charge in [-0.05, 0) is 37.8 Å². The van der Waals surface area contributed by atoms with Crippen LogP contribution in [-0.2, 0) is 0 Å². The van der Waals surface area contributed by atoms with E-state index in [2.05, 4.69) is 5.32 Å². The molecule has 0 spiro atoms. The van der Waals surface area contributed by atoms with Crippen molar-refractivity contribution in [3.05, 3.63) is 34.9 Å². The third kappa shape index (κ3) is 2.72. The normalized spacial score (nSPS) is 23.7. The molecule has 0 bridgehead atoms. The lowest BCUT2D eigenvalue weighted by molar-refractivity contribution is 0.0716. The van der Waals surface area contributed by atoms with E-state index in [9.17, 15) is 9.90 Å². The number of hydrogen-bond acceptors (Lipinski definition) is 2. The lowest BCUT2D eigenvalue weighted by Crippen LogP contribution is -2.45. The minimum atomic E-state index is -0.396. The first-order valence-electron chi connectivity index (χ1n) is 6.64. The molecule has 1 aromatic rings. The molecule has 2 N–H and O–H groups in total. The Morgan fingerprint density at radius 3 is 2.44 bits per heavy atom. The van der Waals surface area contributed by atoms with Crippen molar-refractivity contribution in [1.82, 2.24) is 5.32 Å². The summed E-state index contributed by atoms with van der Waals surface area (Å²) in [5.74, 6) is -0.0588. The van der Waals surface area contributed by atoms with Gasteiger partial charge in [0.2, 0.25) is 0 Å². The molecule has 1 aliphatic rings. The third-order valence-corrected chi connectivity index (χ3v) is 3.75. The quantitative estimate of drug-likeness (QED) is 0.842. The van der Waals surface area contributed by atoms with E-state index in [1.807, 2.05) is 32.0 Å². The highest BCUT2D eigenvalue weighted by molar-refractivity contribution is 5.97. The number of rotatable bonds is 2. The number of hydrogen-bond donors (Lipinski definition) is 2. The Kier molecular flexibility index (Phi) is 4.02. The fraction of sp³-hybridized carbons (Fsp3) is 0.533. The molecule has 0 radical (unpaired) electrons. The summed E-state index contributed by atoms with van der Waals surface area (Å²) in [4.78, 5) is 12.3. The zero-order chi connectivity index (χ0) is 13.1. The van der Waals surface area contributed by atoms with Gasteiger partial charge >= 0.3 is 0 Å². The van der Waals surface area contributed by atoms with E-state index in [1.165, 1.54) is 0 Å². The Labute approximate surface area is 108 Å². The molecule has 1 aliphatic carbocycles. The molecular formula is C15H21NO2. The number of benzene rings is 1. The number of carbonyl (C=O) groups excluding carboxylic acids is 1. The van der Waals surface area contributed by atoms with Crippen LogP contribution in [0.15, 0.2) is 18.2 Å². The standard InChI is InChI=1S/C15H21NO2/c1-10-6-5-7-11(2)14(10)15(18)16-12-8-3-4-9-13(12)17/h5-7,12-13,17H,3-4,8-9H2,1-2H3,(H,16,18)/t12-,13-/m1/s1. The fourth-order valence-corrected chi connectivity index (χ4v) is 2.69. The van der Waals surface area contributed by atoms with Gasteiger partial charge in [0.15, 0.2) is 0 Å². The van der Waals surface area contributed by atoms with E-state index in [1.54, 1.807) is 0 Å². The molecule has 18 heavy (non-hydrogen) atoms. The van der Waals surface area contributed by atoms with E-state index < -0.39 is 6.10 Å². The molecule has 2 rings (SSSR count). The van der Waals surface area contributed by atoms with E-state index in [0.717, 1.165) is 42.4 Å². The van der Waals surface area contributed by atoms with Gasteiger partial charge in [0.25, 0.3) is 5.91 Å². The van der Waals surface area contributed by atoms with Gasteiger partial charge in [-0.25, -0.2) is 0 Å². The maximum atomic E-state index is 12.3. The van der Waals surface area contributed by atoms with E-state index >= 15 is 0 Å². The topological polar surface area (TPSA) is 49.3 Å². The summed E-state index contributed by atoms with van der Waals surface area (Å²) >= 11 is 0. The highest BCUT2D eigenvalue weighted by Crippen LogP contribution is 2.20. The summed E-state index contributed by atoms with van der Waals surface area (Å²) in [5, 5.41) is 12.9. The minimum Gasteiger partial charge on any atom is -0.391 e. The Balaban J connectivity index is 2.12. The molecule has 0 saturated heterocycles. The summed E-state index contributed by atoms with van der Waals surface area (Å²) in [7, 11) is 0. The van der Waals surface area contributed by atoms with E-state index in [4.69, 9.17) is 0 Å². The van der Waals surface area contributed by atoms with Crippen molar-refractivity contribution < 1.29 is 9.90 Å². The minimum absolute atomic E-state index is 0.0588. The molecule has 98 valence electrons. The molecule has 0 heterocycles. The average Bonchev–Trinajstić information content (AvgIpc) is 2.32.